The molecule has 1 atom stereocenters. The summed E-state index contributed by atoms with van der Waals surface area (Å²) in [6.07, 6.45) is 1.64. The molecule has 0 saturated heterocycles. The summed E-state index contributed by atoms with van der Waals surface area (Å²) in [5.74, 6) is 0.972. The van der Waals surface area contributed by atoms with Gasteiger partial charge in [0.2, 0.25) is 0 Å². The fourth-order valence-electron chi connectivity index (χ4n) is 2.86. The fourth-order valence-corrected chi connectivity index (χ4v) is 3.33. The van der Waals surface area contributed by atoms with Gasteiger partial charge < -0.3 is 10.4 Å². The molecule has 3 N–H and O–H groups in total. The van der Waals surface area contributed by atoms with Crippen molar-refractivity contribution in [3.05, 3.63) is 75.5 Å². The van der Waals surface area contributed by atoms with Crippen molar-refractivity contribution >= 4 is 45.1 Å². The molecule has 2 heterocycles. The van der Waals surface area contributed by atoms with Crippen molar-refractivity contribution in [1.82, 2.24) is 20.2 Å². The maximum absolute atomic E-state index is 13.3. The van der Waals surface area contributed by atoms with Crippen LogP contribution in [-0.2, 0) is 0 Å². The van der Waals surface area contributed by atoms with E-state index in [0.29, 0.717) is 17.5 Å². The first-order chi connectivity index (χ1) is 13.1. The van der Waals surface area contributed by atoms with Gasteiger partial charge in [0.15, 0.2) is 0 Å². The molecule has 0 bridgehead atoms. The normalized spacial score (nSPS) is 12.3. The lowest BCUT2D eigenvalue weighted by Crippen LogP contribution is -2.12. The van der Waals surface area contributed by atoms with E-state index in [1.807, 2.05) is 18.2 Å². The molecule has 0 aliphatic carbocycles. The van der Waals surface area contributed by atoms with Crippen LogP contribution in [0.25, 0.3) is 10.9 Å². The Kier molecular flexibility index (Phi) is 4.99. The Morgan fingerprint density at radius 3 is 2.63 bits per heavy atom. The molecule has 136 valence electrons. The quantitative estimate of drug-likeness (QED) is 0.381. The molecule has 0 spiro atoms. The molecular weight excluding hydrogens is 460 g/mol. The molecule has 6 nitrogen and oxygen atoms in total. The van der Waals surface area contributed by atoms with Crippen LogP contribution in [0.15, 0.2) is 54.7 Å². The number of aromatic nitrogens is 4. The zero-order valence-electron chi connectivity index (χ0n) is 14.0. The van der Waals surface area contributed by atoms with Gasteiger partial charge in [0.1, 0.15) is 23.3 Å². The van der Waals surface area contributed by atoms with E-state index < -0.39 is 5.92 Å². The number of aliphatic hydroxyl groups is 1. The molecule has 0 aliphatic rings. The molecular formula is C19H15FIN5O. The van der Waals surface area contributed by atoms with Gasteiger partial charge in [0, 0.05) is 15.0 Å². The van der Waals surface area contributed by atoms with Gasteiger partial charge >= 0.3 is 0 Å². The van der Waals surface area contributed by atoms with Crippen LogP contribution in [0, 0.1) is 9.39 Å². The highest BCUT2D eigenvalue weighted by Crippen LogP contribution is 2.29. The minimum atomic E-state index is -0.463. The molecule has 0 radical (unpaired) electrons. The number of halogens is 2. The maximum atomic E-state index is 13.3. The first-order valence-electron chi connectivity index (χ1n) is 8.24. The Labute approximate surface area is 168 Å². The summed E-state index contributed by atoms with van der Waals surface area (Å²) < 4.78 is 14.3. The number of benzene rings is 2. The standard InChI is InChI=1S/C19H15FIN5O/c20-12-3-1-11(2-4-12)15(10-27)19-23-16-9-13(21)5-6-14(16)18(25-19)24-17-7-8-22-26-17/h1-9,15,27H,10H2,(H2,22,23,24,25,26). The SMILES string of the molecule is OCC(c1ccc(F)cc1)c1nc(Nc2ccn[nH]2)c2ccc(I)cc2n1. The second-order valence-electron chi connectivity index (χ2n) is 5.97. The van der Waals surface area contributed by atoms with Gasteiger partial charge in [-0.1, -0.05) is 12.1 Å². The lowest BCUT2D eigenvalue weighted by atomic mass is 9.99. The van der Waals surface area contributed by atoms with Gasteiger partial charge in [-0.05, 0) is 58.5 Å². The molecule has 2 aromatic heterocycles. The van der Waals surface area contributed by atoms with E-state index in [2.05, 4.69) is 48.1 Å². The van der Waals surface area contributed by atoms with Crippen molar-refractivity contribution in [2.24, 2.45) is 0 Å². The predicted molar refractivity (Wildman–Crippen MR) is 109 cm³/mol. The number of nitrogens with zero attached hydrogens (tertiary/aromatic N) is 3. The van der Waals surface area contributed by atoms with Crippen molar-refractivity contribution in [3.63, 3.8) is 0 Å². The van der Waals surface area contributed by atoms with Crippen LogP contribution >= 0.6 is 22.6 Å². The molecule has 2 aromatic carbocycles. The summed E-state index contributed by atoms with van der Waals surface area (Å²) in [6, 6.07) is 13.7. The highest BCUT2D eigenvalue weighted by Gasteiger charge is 2.19. The van der Waals surface area contributed by atoms with Crippen LogP contribution in [0.4, 0.5) is 16.0 Å². The lowest BCUT2D eigenvalue weighted by molar-refractivity contribution is 0.277. The second-order valence-corrected chi connectivity index (χ2v) is 7.22. The largest absolute Gasteiger partial charge is 0.395 e. The molecule has 4 aromatic rings. The van der Waals surface area contributed by atoms with E-state index in [1.165, 1.54) is 12.1 Å². The highest BCUT2D eigenvalue weighted by molar-refractivity contribution is 14.1. The van der Waals surface area contributed by atoms with Gasteiger partial charge in [0.05, 0.1) is 24.2 Å². The van der Waals surface area contributed by atoms with Crippen LogP contribution in [0.2, 0.25) is 0 Å². The molecule has 0 aliphatic heterocycles. The van der Waals surface area contributed by atoms with Crippen molar-refractivity contribution in [2.45, 2.75) is 5.92 Å². The molecule has 0 fully saturated rings. The van der Waals surface area contributed by atoms with E-state index in [9.17, 15) is 9.50 Å². The lowest BCUT2D eigenvalue weighted by Gasteiger charge is -2.16. The molecule has 8 heteroatoms. The van der Waals surface area contributed by atoms with E-state index >= 15 is 0 Å². The van der Waals surface area contributed by atoms with E-state index in [-0.39, 0.29) is 12.4 Å². The third-order valence-electron chi connectivity index (χ3n) is 4.20. The highest BCUT2D eigenvalue weighted by atomic mass is 127. The first-order valence-corrected chi connectivity index (χ1v) is 9.32. The second kappa shape index (κ2) is 7.57. The number of aromatic amines is 1. The third kappa shape index (κ3) is 3.76. The zero-order valence-corrected chi connectivity index (χ0v) is 16.2. The number of aliphatic hydroxyl groups excluding tert-OH is 1. The Balaban J connectivity index is 1.85. The van der Waals surface area contributed by atoms with Gasteiger partial charge in [0.25, 0.3) is 0 Å². The Morgan fingerprint density at radius 2 is 1.93 bits per heavy atom. The van der Waals surface area contributed by atoms with Crippen molar-refractivity contribution < 1.29 is 9.50 Å². The minimum absolute atomic E-state index is 0.190. The van der Waals surface area contributed by atoms with Gasteiger partial charge in [-0.15, -0.1) is 0 Å². The van der Waals surface area contributed by atoms with Crippen LogP contribution in [0.5, 0.6) is 0 Å². The number of rotatable bonds is 5. The monoisotopic (exact) mass is 475 g/mol. The van der Waals surface area contributed by atoms with Crippen LogP contribution < -0.4 is 5.32 Å². The number of fused-ring (bicyclic) bond motifs is 1. The summed E-state index contributed by atoms with van der Waals surface area (Å²) >= 11 is 2.23. The fraction of sp³-hybridized carbons (Fsp3) is 0.105. The smallest absolute Gasteiger partial charge is 0.143 e. The number of H-pyrrole nitrogens is 1. The van der Waals surface area contributed by atoms with Gasteiger partial charge in [-0.2, -0.15) is 5.10 Å². The molecule has 0 saturated carbocycles. The van der Waals surface area contributed by atoms with Crippen molar-refractivity contribution in [3.8, 4) is 0 Å². The molecule has 4 rings (SSSR count). The number of nitrogens with one attached hydrogen (secondary N) is 2. The topological polar surface area (TPSA) is 86.7 Å². The van der Waals surface area contributed by atoms with Crippen LogP contribution in [0.3, 0.4) is 0 Å². The first kappa shape index (κ1) is 17.8. The van der Waals surface area contributed by atoms with Crippen LogP contribution in [-0.4, -0.2) is 31.9 Å². The van der Waals surface area contributed by atoms with E-state index in [1.54, 1.807) is 24.4 Å². The summed E-state index contributed by atoms with van der Waals surface area (Å²) in [7, 11) is 0. The van der Waals surface area contributed by atoms with Gasteiger partial charge in [-0.3, -0.25) is 5.10 Å². The third-order valence-corrected chi connectivity index (χ3v) is 4.87. The Bertz CT molecular complexity index is 1070. The zero-order chi connectivity index (χ0) is 18.8. The summed E-state index contributed by atoms with van der Waals surface area (Å²) in [4.78, 5) is 9.31. The molecule has 27 heavy (non-hydrogen) atoms. The average Bonchev–Trinajstić information content (AvgIpc) is 3.16. The van der Waals surface area contributed by atoms with Crippen molar-refractivity contribution in [2.75, 3.05) is 11.9 Å². The average molecular weight is 475 g/mol. The van der Waals surface area contributed by atoms with Crippen LogP contribution in [0.1, 0.15) is 17.3 Å². The summed E-state index contributed by atoms with van der Waals surface area (Å²) in [6.45, 7) is -0.190. The van der Waals surface area contributed by atoms with Gasteiger partial charge in [-0.25, -0.2) is 14.4 Å². The predicted octanol–water partition coefficient (Wildman–Crippen LogP) is 3.96. The molecule has 1 unspecified atom stereocenters. The Morgan fingerprint density at radius 1 is 1.11 bits per heavy atom. The van der Waals surface area contributed by atoms with Crippen molar-refractivity contribution in [1.29, 1.82) is 0 Å². The number of anilines is 2. The number of hydrogen-bond acceptors (Lipinski definition) is 5. The Hall–Kier alpha value is -2.59. The van der Waals surface area contributed by atoms with E-state index in [0.717, 1.165) is 20.0 Å². The summed E-state index contributed by atoms with van der Waals surface area (Å²) in [5, 5.41) is 20.8. The maximum Gasteiger partial charge on any atom is 0.143 e. The van der Waals surface area contributed by atoms with E-state index in [4.69, 9.17) is 0 Å². The molecule has 0 amide bonds. The minimum Gasteiger partial charge on any atom is -0.395 e. The summed E-state index contributed by atoms with van der Waals surface area (Å²) in [5.41, 5.74) is 1.51. The number of hydrogen-bond donors (Lipinski definition) is 3.